The Hall–Kier alpha value is -3.34. The molecule has 1 N–H and O–H groups in total. The molecule has 3 unspecified atom stereocenters. The van der Waals surface area contributed by atoms with Crippen LogP contribution in [0.25, 0.3) is 0 Å². The second kappa shape index (κ2) is 9.14. The zero-order valence-corrected chi connectivity index (χ0v) is 22.1. The van der Waals surface area contributed by atoms with E-state index in [1.807, 2.05) is 52.1 Å². The molecular weight excluding hydrogens is 524 g/mol. The van der Waals surface area contributed by atoms with Crippen LogP contribution in [0.3, 0.4) is 0 Å². The Labute approximate surface area is 227 Å². The van der Waals surface area contributed by atoms with Crippen molar-refractivity contribution >= 4 is 33.7 Å². The summed E-state index contributed by atoms with van der Waals surface area (Å²) in [7, 11) is 5.20. The minimum Gasteiger partial charge on any atom is -0.497 e. The Morgan fingerprint density at radius 1 is 1.00 bits per heavy atom. The third-order valence-corrected chi connectivity index (χ3v) is 9.98. The molecule has 4 aliphatic heterocycles. The maximum atomic E-state index is 13.3. The summed E-state index contributed by atoms with van der Waals surface area (Å²) in [5.74, 6) is 3.34. The third kappa shape index (κ3) is 3.58. The zero-order valence-electron chi connectivity index (χ0n) is 20.5. The number of benzene rings is 3. The van der Waals surface area contributed by atoms with Gasteiger partial charge in [0.05, 0.1) is 18.7 Å². The van der Waals surface area contributed by atoms with E-state index in [4.69, 9.17) is 18.9 Å². The first-order valence-electron chi connectivity index (χ1n) is 12.4. The topological polar surface area (TPSA) is 86.3 Å². The van der Waals surface area contributed by atoms with Gasteiger partial charge >= 0.3 is 12.1 Å². The van der Waals surface area contributed by atoms with Crippen LogP contribution in [0, 0.1) is 0 Å². The van der Waals surface area contributed by atoms with Crippen molar-refractivity contribution in [2.24, 2.45) is 0 Å². The van der Waals surface area contributed by atoms with E-state index in [1.54, 1.807) is 42.2 Å². The van der Waals surface area contributed by atoms with E-state index < -0.39 is 11.6 Å². The number of carbonyl (C=O) groups excluding carboxylic acids is 2. The highest BCUT2D eigenvalue weighted by atomic mass is 33.1. The maximum Gasteiger partial charge on any atom is 0.415 e. The fourth-order valence-electron chi connectivity index (χ4n) is 5.72. The normalized spacial score (nSPS) is 24.9. The lowest BCUT2D eigenvalue weighted by Crippen LogP contribution is -2.62. The lowest BCUT2D eigenvalue weighted by molar-refractivity contribution is 0.0224. The van der Waals surface area contributed by atoms with E-state index in [-0.39, 0.29) is 18.2 Å². The van der Waals surface area contributed by atoms with Crippen molar-refractivity contribution in [3.8, 4) is 23.0 Å². The molecule has 10 heteroatoms. The number of nitrogens with zero attached hydrogens (tertiary/aromatic N) is 1. The van der Waals surface area contributed by atoms with Crippen molar-refractivity contribution in [2.75, 3.05) is 31.7 Å². The molecule has 3 aromatic rings. The number of fused-ring (bicyclic) bond motifs is 7. The summed E-state index contributed by atoms with van der Waals surface area (Å²) in [4.78, 5) is 28.1. The molecule has 0 aliphatic carbocycles. The van der Waals surface area contributed by atoms with Gasteiger partial charge in [0.15, 0.2) is 5.60 Å². The van der Waals surface area contributed by atoms with Crippen LogP contribution in [0.15, 0.2) is 60.7 Å². The zero-order chi connectivity index (χ0) is 25.9. The van der Waals surface area contributed by atoms with E-state index in [0.29, 0.717) is 46.2 Å². The Morgan fingerprint density at radius 3 is 2.55 bits per heavy atom. The van der Waals surface area contributed by atoms with Gasteiger partial charge in [0, 0.05) is 59.5 Å². The number of hydrogen-bond acceptors (Lipinski definition) is 9. The number of esters is 1. The molecule has 4 heterocycles. The van der Waals surface area contributed by atoms with Crippen LogP contribution < -0.4 is 19.5 Å². The highest BCUT2D eigenvalue weighted by Crippen LogP contribution is 2.57. The molecular formula is C28H24N2O6S2. The van der Waals surface area contributed by atoms with Crippen LogP contribution in [0.5, 0.6) is 23.0 Å². The second-order valence-corrected chi connectivity index (χ2v) is 12.0. The van der Waals surface area contributed by atoms with E-state index in [0.717, 1.165) is 23.6 Å². The molecule has 0 aromatic heterocycles. The molecule has 3 aromatic carbocycles. The molecule has 1 amide bonds. The smallest absolute Gasteiger partial charge is 0.415 e. The quantitative estimate of drug-likeness (QED) is 0.359. The third-order valence-electron chi connectivity index (χ3n) is 7.53. The summed E-state index contributed by atoms with van der Waals surface area (Å²) in [5, 5.41) is 3.51. The van der Waals surface area contributed by atoms with Crippen molar-refractivity contribution in [3.63, 3.8) is 0 Å². The number of piperazine rings is 1. The van der Waals surface area contributed by atoms with Gasteiger partial charge in [0.2, 0.25) is 0 Å². The minimum absolute atomic E-state index is 0.0911. The van der Waals surface area contributed by atoms with E-state index >= 15 is 0 Å². The Balaban J connectivity index is 1.28. The first-order chi connectivity index (χ1) is 18.6. The van der Waals surface area contributed by atoms with Crippen molar-refractivity contribution < 1.29 is 28.5 Å². The van der Waals surface area contributed by atoms with Gasteiger partial charge in [-0.05, 0) is 30.3 Å². The molecule has 0 saturated carbocycles. The molecule has 2 fully saturated rings. The number of hydrogen-bond donors (Lipinski definition) is 1. The lowest BCUT2D eigenvalue weighted by Gasteiger charge is -2.43. The molecule has 3 atom stereocenters. The molecule has 7 rings (SSSR count). The number of carbonyl (C=O) groups is 2. The van der Waals surface area contributed by atoms with Crippen LogP contribution in [0.4, 0.5) is 4.79 Å². The SMILES string of the molecule is COc1ccc2c(c1)Oc1cc(OC(=O)N3CCNC4CSSCC43)ccc1C21OC(=O)c2ccccc21. The van der Waals surface area contributed by atoms with Crippen LogP contribution in [-0.4, -0.2) is 60.8 Å². The summed E-state index contributed by atoms with van der Waals surface area (Å²) in [6.45, 7) is 1.33. The highest BCUT2D eigenvalue weighted by Gasteiger charge is 2.53. The van der Waals surface area contributed by atoms with Gasteiger partial charge < -0.3 is 29.2 Å². The molecule has 1 spiro atoms. The predicted octanol–water partition coefficient (Wildman–Crippen LogP) is 4.80. The summed E-state index contributed by atoms with van der Waals surface area (Å²) in [5.41, 5.74) is 1.43. The molecule has 4 aliphatic rings. The largest absolute Gasteiger partial charge is 0.497 e. The molecule has 0 radical (unpaired) electrons. The average Bonchev–Trinajstić information content (AvgIpc) is 3.25. The molecule has 2 saturated heterocycles. The van der Waals surface area contributed by atoms with Gasteiger partial charge in [-0.3, -0.25) is 0 Å². The van der Waals surface area contributed by atoms with Gasteiger partial charge in [-0.15, -0.1) is 0 Å². The minimum atomic E-state index is -1.19. The van der Waals surface area contributed by atoms with Gasteiger partial charge in [-0.1, -0.05) is 39.8 Å². The Bertz CT molecular complexity index is 1460. The Kier molecular flexibility index (Phi) is 5.72. The first kappa shape index (κ1) is 23.8. The predicted molar refractivity (Wildman–Crippen MR) is 144 cm³/mol. The number of ether oxygens (including phenoxy) is 4. The van der Waals surface area contributed by atoms with Crippen LogP contribution in [0.1, 0.15) is 27.0 Å². The summed E-state index contributed by atoms with van der Waals surface area (Å²) >= 11 is 0. The maximum absolute atomic E-state index is 13.3. The second-order valence-electron chi connectivity index (χ2n) is 9.50. The molecule has 194 valence electrons. The summed E-state index contributed by atoms with van der Waals surface area (Å²) in [6, 6.07) is 18.4. The highest BCUT2D eigenvalue weighted by molar-refractivity contribution is 8.76. The number of methoxy groups -OCH3 is 1. The Morgan fingerprint density at radius 2 is 1.74 bits per heavy atom. The van der Waals surface area contributed by atoms with Crippen LogP contribution in [0.2, 0.25) is 0 Å². The van der Waals surface area contributed by atoms with Gasteiger partial charge in [-0.25, -0.2) is 9.59 Å². The fraction of sp³-hybridized carbons (Fsp3) is 0.286. The summed E-state index contributed by atoms with van der Waals surface area (Å²) < 4.78 is 23.8. The van der Waals surface area contributed by atoms with Gasteiger partial charge in [-0.2, -0.15) is 0 Å². The van der Waals surface area contributed by atoms with Crippen molar-refractivity contribution in [2.45, 2.75) is 17.7 Å². The standard InChI is InChI=1S/C28H24N2O6S2/c1-33-16-6-8-20-24(12-16)35-25-13-17(34-27(32)30-11-10-29-22-14-37-38-15-23(22)30)7-9-21(25)28(20)19-5-3-2-4-18(19)26(31)36-28/h2-9,12-13,22-23,29H,10-11,14-15H2,1H3. The monoisotopic (exact) mass is 548 g/mol. The lowest BCUT2D eigenvalue weighted by atomic mass is 9.77. The van der Waals surface area contributed by atoms with E-state index in [1.165, 1.54) is 0 Å². The molecule has 8 nitrogen and oxygen atoms in total. The van der Waals surface area contributed by atoms with Gasteiger partial charge in [0.25, 0.3) is 0 Å². The van der Waals surface area contributed by atoms with Gasteiger partial charge in [0.1, 0.15) is 23.0 Å². The van der Waals surface area contributed by atoms with Crippen LogP contribution in [-0.2, 0) is 10.3 Å². The first-order valence-corrected chi connectivity index (χ1v) is 14.9. The number of rotatable bonds is 2. The fourth-order valence-corrected chi connectivity index (χ4v) is 8.38. The summed E-state index contributed by atoms with van der Waals surface area (Å²) in [6.07, 6.45) is -0.376. The van der Waals surface area contributed by atoms with E-state index in [2.05, 4.69) is 5.32 Å². The molecule has 38 heavy (non-hydrogen) atoms. The number of nitrogens with one attached hydrogen (secondary N) is 1. The van der Waals surface area contributed by atoms with Crippen molar-refractivity contribution in [1.82, 2.24) is 10.2 Å². The van der Waals surface area contributed by atoms with E-state index in [9.17, 15) is 9.59 Å². The van der Waals surface area contributed by atoms with Crippen molar-refractivity contribution in [3.05, 3.63) is 82.9 Å². The molecule has 0 bridgehead atoms. The average molecular weight is 549 g/mol. The number of amides is 1. The van der Waals surface area contributed by atoms with Crippen molar-refractivity contribution in [1.29, 1.82) is 0 Å². The van der Waals surface area contributed by atoms with Crippen LogP contribution >= 0.6 is 21.6 Å².